The summed E-state index contributed by atoms with van der Waals surface area (Å²) in [6, 6.07) is 8.23. The first kappa shape index (κ1) is 13.0. The van der Waals surface area contributed by atoms with Crippen molar-refractivity contribution in [3.8, 4) is 0 Å². The van der Waals surface area contributed by atoms with Crippen molar-refractivity contribution in [3.63, 3.8) is 0 Å². The third kappa shape index (κ3) is 2.69. The SMILES string of the molecule is NNC(c1ccc(Cl)s1)c1cccc(F)c1Br. The first-order valence-corrected chi connectivity index (χ1v) is 6.77. The molecule has 0 aliphatic rings. The Morgan fingerprint density at radius 1 is 1.35 bits per heavy atom. The predicted octanol–water partition coefficient (Wildman–Crippen LogP) is 3.86. The lowest BCUT2D eigenvalue weighted by molar-refractivity contribution is 0.600. The molecule has 90 valence electrons. The Kier molecular flexibility index (Phi) is 4.17. The van der Waals surface area contributed by atoms with E-state index >= 15 is 0 Å². The third-order valence-electron chi connectivity index (χ3n) is 2.34. The maximum atomic E-state index is 13.5. The lowest BCUT2D eigenvalue weighted by Crippen LogP contribution is -2.28. The van der Waals surface area contributed by atoms with Gasteiger partial charge in [0, 0.05) is 4.88 Å². The van der Waals surface area contributed by atoms with E-state index in [9.17, 15) is 4.39 Å². The zero-order valence-electron chi connectivity index (χ0n) is 8.58. The molecule has 0 saturated heterocycles. The smallest absolute Gasteiger partial charge is 0.137 e. The molecule has 1 heterocycles. The molecule has 3 N–H and O–H groups in total. The van der Waals surface area contributed by atoms with Crippen LogP contribution in [0.25, 0.3) is 0 Å². The summed E-state index contributed by atoms with van der Waals surface area (Å²) in [5.41, 5.74) is 3.41. The molecule has 0 aliphatic carbocycles. The summed E-state index contributed by atoms with van der Waals surface area (Å²) in [6.45, 7) is 0. The molecule has 2 rings (SSSR count). The summed E-state index contributed by atoms with van der Waals surface area (Å²) in [7, 11) is 0. The molecule has 1 atom stereocenters. The molecule has 17 heavy (non-hydrogen) atoms. The zero-order valence-corrected chi connectivity index (χ0v) is 11.7. The summed E-state index contributed by atoms with van der Waals surface area (Å²) >= 11 is 10.5. The molecule has 0 amide bonds. The molecule has 0 saturated carbocycles. The Hall–Kier alpha value is -0.460. The fourth-order valence-electron chi connectivity index (χ4n) is 1.55. The molecule has 2 nitrogen and oxygen atoms in total. The number of benzene rings is 1. The van der Waals surface area contributed by atoms with E-state index in [1.165, 1.54) is 17.4 Å². The van der Waals surface area contributed by atoms with Crippen molar-refractivity contribution in [1.82, 2.24) is 5.43 Å². The fourth-order valence-corrected chi connectivity index (χ4v) is 3.19. The zero-order chi connectivity index (χ0) is 12.4. The maximum absolute atomic E-state index is 13.5. The number of thiophene rings is 1. The first-order chi connectivity index (χ1) is 8.13. The van der Waals surface area contributed by atoms with Gasteiger partial charge in [0.25, 0.3) is 0 Å². The minimum atomic E-state index is -0.314. The predicted molar refractivity (Wildman–Crippen MR) is 72.6 cm³/mol. The molecule has 2 aromatic rings. The molecular formula is C11H9BrClFN2S. The number of hydrogen-bond acceptors (Lipinski definition) is 3. The standard InChI is InChI=1S/C11H9BrClFN2S/c12-10-6(2-1-3-7(10)14)11(16-15)8-4-5-9(13)17-8/h1-5,11,16H,15H2. The average molecular weight is 336 g/mol. The van der Waals surface area contributed by atoms with Gasteiger partial charge in [-0.25, -0.2) is 9.82 Å². The first-order valence-electron chi connectivity index (χ1n) is 4.78. The number of nitrogens with two attached hydrogens (primary N) is 1. The van der Waals surface area contributed by atoms with Crippen LogP contribution in [0.2, 0.25) is 4.34 Å². The van der Waals surface area contributed by atoms with Crippen molar-refractivity contribution in [2.24, 2.45) is 5.84 Å². The second kappa shape index (κ2) is 5.46. The number of hydrogen-bond donors (Lipinski definition) is 2. The lowest BCUT2D eigenvalue weighted by atomic mass is 10.1. The normalized spacial score (nSPS) is 12.7. The molecule has 0 bridgehead atoms. The van der Waals surface area contributed by atoms with Crippen LogP contribution in [-0.4, -0.2) is 0 Å². The highest BCUT2D eigenvalue weighted by atomic mass is 79.9. The molecule has 1 unspecified atom stereocenters. The van der Waals surface area contributed by atoms with Crippen molar-refractivity contribution in [2.45, 2.75) is 6.04 Å². The number of hydrazine groups is 1. The van der Waals surface area contributed by atoms with Gasteiger partial charge in [0.15, 0.2) is 0 Å². The van der Waals surface area contributed by atoms with Crippen LogP contribution in [0.4, 0.5) is 4.39 Å². The van der Waals surface area contributed by atoms with Gasteiger partial charge in [-0.1, -0.05) is 23.7 Å². The van der Waals surface area contributed by atoms with Crippen LogP contribution >= 0.6 is 38.9 Å². The number of rotatable bonds is 3. The van der Waals surface area contributed by atoms with E-state index in [4.69, 9.17) is 17.4 Å². The van der Waals surface area contributed by atoms with Crippen LogP contribution in [0.3, 0.4) is 0 Å². The van der Waals surface area contributed by atoms with E-state index < -0.39 is 0 Å². The highest BCUT2D eigenvalue weighted by Crippen LogP contribution is 2.34. The summed E-state index contributed by atoms with van der Waals surface area (Å²) in [5, 5.41) is 0. The van der Waals surface area contributed by atoms with Crippen molar-refractivity contribution >= 4 is 38.9 Å². The molecular weight excluding hydrogens is 327 g/mol. The topological polar surface area (TPSA) is 38.0 Å². The Morgan fingerprint density at radius 3 is 2.71 bits per heavy atom. The summed E-state index contributed by atoms with van der Waals surface area (Å²) in [6.07, 6.45) is 0. The Labute approximate surface area is 116 Å². The van der Waals surface area contributed by atoms with Gasteiger partial charge in [0.1, 0.15) is 5.82 Å². The highest BCUT2D eigenvalue weighted by molar-refractivity contribution is 9.10. The van der Waals surface area contributed by atoms with Gasteiger partial charge >= 0.3 is 0 Å². The lowest BCUT2D eigenvalue weighted by Gasteiger charge is -2.16. The van der Waals surface area contributed by atoms with Crippen molar-refractivity contribution in [2.75, 3.05) is 0 Å². The van der Waals surface area contributed by atoms with Gasteiger partial charge in [-0.15, -0.1) is 11.3 Å². The van der Waals surface area contributed by atoms with Gasteiger partial charge in [-0.3, -0.25) is 5.84 Å². The van der Waals surface area contributed by atoms with Gasteiger partial charge < -0.3 is 0 Å². The van der Waals surface area contributed by atoms with Crippen LogP contribution < -0.4 is 11.3 Å². The molecule has 1 aromatic carbocycles. The summed E-state index contributed by atoms with van der Waals surface area (Å²) in [5.74, 6) is 5.22. The fraction of sp³-hybridized carbons (Fsp3) is 0.0909. The molecule has 1 aromatic heterocycles. The average Bonchev–Trinajstić information content (AvgIpc) is 2.72. The molecule has 6 heteroatoms. The molecule has 0 aliphatic heterocycles. The van der Waals surface area contributed by atoms with Gasteiger partial charge in [-0.05, 0) is 39.7 Å². The van der Waals surface area contributed by atoms with Crippen LogP contribution in [0.15, 0.2) is 34.8 Å². The Balaban J connectivity index is 2.45. The summed E-state index contributed by atoms with van der Waals surface area (Å²) < 4.78 is 14.5. The van der Waals surface area contributed by atoms with Crippen molar-refractivity contribution in [1.29, 1.82) is 0 Å². The van der Waals surface area contributed by atoms with Crippen LogP contribution in [-0.2, 0) is 0 Å². The molecule has 0 fully saturated rings. The van der Waals surface area contributed by atoms with E-state index in [2.05, 4.69) is 21.4 Å². The van der Waals surface area contributed by atoms with Gasteiger partial charge in [0.2, 0.25) is 0 Å². The Bertz CT molecular complexity index is 532. The second-order valence-electron chi connectivity index (χ2n) is 3.38. The minimum absolute atomic E-state index is 0.280. The van der Waals surface area contributed by atoms with Crippen LogP contribution in [0.1, 0.15) is 16.5 Å². The van der Waals surface area contributed by atoms with Crippen molar-refractivity contribution in [3.05, 3.63) is 55.4 Å². The van der Waals surface area contributed by atoms with E-state index in [0.29, 0.717) is 8.81 Å². The molecule has 0 spiro atoms. The van der Waals surface area contributed by atoms with E-state index in [1.54, 1.807) is 12.1 Å². The maximum Gasteiger partial charge on any atom is 0.137 e. The van der Waals surface area contributed by atoms with Crippen molar-refractivity contribution < 1.29 is 4.39 Å². The van der Waals surface area contributed by atoms with Crippen LogP contribution in [0, 0.1) is 5.82 Å². The van der Waals surface area contributed by atoms with E-state index in [-0.39, 0.29) is 11.9 Å². The van der Waals surface area contributed by atoms with E-state index in [1.807, 2.05) is 12.1 Å². The quantitative estimate of drug-likeness (QED) is 0.660. The minimum Gasteiger partial charge on any atom is -0.271 e. The monoisotopic (exact) mass is 334 g/mol. The van der Waals surface area contributed by atoms with Gasteiger partial charge in [-0.2, -0.15) is 0 Å². The van der Waals surface area contributed by atoms with Gasteiger partial charge in [0.05, 0.1) is 14.9 Å². The van der Waals surface area contributed by atoms with Crippen LogP contribution in [0.5, 0.6) is 0 Å². The number of halogens is 3. The molecule has 0 radical (unpaired) electrons. The summed E-state index contributed by atoms with van der Waals surface area (Å²) in [4.78, 5) is 0.934. The highest BCUT2D eigenvalue weighted by Gasteiger charge is 2.18. The Morgan fingerprint density at radius 2 is 2.12 bits per heavy atom. The largest absolute Gasteiger partial charge is 0.271 e. The number of nitrogens with one attached hydrogen (secondary N) is 1. The third-order valence-corrected chi connectivity index (χ3v) is 4.47. The second-order valence-corrected chi connectivity index (χ2v) is 5.92. The van der Waals surface area contributed by atoms with E-state index in [0.717, 1.165) is 10.4 Å².